The molecule has 1 aliphatic carbocycles. The Morgan fingerprint density at radius 1 is 1.30 bits per heavy atom. The molecule has 0 amide bonds. The molecule has 1 aromatic rings. The lowest BCUT2D eigenvalue weighted by Crippen LogP contribution is -2.38. The first kappa shape index (κ1) is 16.0. The molecule has 0 saturated heterocycles. The fraction of sp³-hybridized carbons (Fsp3) is 0.812. The summed E-state index contributed by atoms with van der Waals surface area (Å²) in [5, 5.41) is 4.71. The summed E-state index contributed by atoms with van der Waals surface area (Å²) in [6, 6.07) is 0.723. The zero-order valence-electron chi connectivity index (χ0n) is 13.3. The number of aryl methyl sites for hydroxylation is 2. The molecule has 114 valence electrons. The number of halogens is 1. The number of hydrogen-bond donors (Lipinski definition) is 0. The second-order valence-corrected chi connectivity index (χ2v) is 6.91. The molecular weight excluding hydrogens is 314 g/mol. The van der Waals surface area contributed by atoms with Gasteiger partial charge in [-0.2, -0.15) is 5.10 Å². The molecule has 0 spiro atoms. The molecule has 0 aromatic carbocycles. The van der Waals surface area contributed by atoms with E-state index in [0.29, 0.717) is 0 Å². The van der Waals surface area contributed by atoms with Gasteiger partial charge in [0.05, 0.1) is 15.9 Å². The van der Waals surface area contributed by atoms with Gasteiger partial charge in [0.2, 0.25) is 0 Å². The second-order valence-electron chi connectivity index (χ2n) is 6.12. The predicted molar refractivity (Wildman–Crippen MR) is 87.9 cm³/mol. The van der Waals surface area contributed by atoms with E-state index < -0.39 is 0 Å². The summed E-state index contributed by atoms with van der Waals surface area (Å²) < 4.78 is 3.38. The van der Waals surface area contributed by atoms with Gasteiger partial charge in [-0.1, -0.05) is 26.7 Å². The van der Waals surface area contributed by atoms with Crippen LogP contribution in [0.3, 0.4) is 0 Å². The van der Waals surface area contributed by atoms with E-state index in [4.69, 9.17) is 5.10 Å². The fourth-order valence-corrected chi connectivity index (χ4v) is 4.16. The molecule has 20 heavy (non-hydrogen) atoms. The van der Waals surface area contributed by atoms with Gasteiger partial charge in [0.15, 0.2) is 0 Å². The zero-order chi connectivity index (χ0) is 14.7. The first-order valence-electron chi connectivity index (χ1n) is 8.02. The van der Waals surface area contributed by atoms with Crippen molar-refractivity contribution in [2.45, 2.75) is 72.0 Å². The lowest BCUT2D eigenvalue weighted by atomic mass is 9.85. The Labute approximate surface area is 131 Å². The molecule has 0 aliphatic heterocycles. The molecule has 2 unspecified atom stereocenters. The van der Waals surface area contributed by atoms with Crippen LogP contribution in [-0.4, -0.2) is 27.8 Å². The smallest absolute Gasteiger partial charge is 0.0767 e. The van der Waals surface area contributed by atoms with Crippen LogP contribution in [0.4, 0.5) is 0 Å². The highest BCUT2D eigenvalue weighted by molar-refractivity contribution is 9.10. The van der Waals surface area contributed by atoms with Gasteiger partial charge in [-0.3, -0.25) is 9.58 Å². The highest BCUT2D eigenvalue weighted by atomic mass is 79.9. The minimum Gasteiger partial charge on any atom is -0.297 e. The highest BCUT2D eigenvalue weighted by Gasteiger charge is 2.26. The average Bonchev–Trinajstić information content (AvgIpc) is 2.75. The molecule has 1 aliphatic rings. The van der Waals surface area contributed by atoms with Crippen LogP contribution in [0.15, 0.2) is 4.47 Å². The molecule has 2 rings (SSSR count). The number of hydrogen-bond acceptors (Lipinski definition) is 2. The second kappa shape index (κ2) is 7.08. The summed E-state index contributed by atoms with van der Waals surface area (Å²) in [5.74, 6) is 0.816. The van der Waals surface area contributed by atoms with Crippen LogP contribution in [0.25, 0.3) is 0 Å². The van der Waals surface area contributed by atoms with Gasteiger partial charge in [0.1, 0.15) is 0 Å². The molecule has 1 saturated carbocycles. The molecule has 3 nitrogen and oxygen atoms in total. The zero-order valence-corrected chi connectivity index (χ0v) is 14.9. The van der Waals surface area contributed by atoms with Crippen molar-refractivity contribution in [3.63, 3.8) is 0 Å². The Morgan fingerprint density at radius 2 is 2.00 bits per heavy atom. The molecule has 4 heteroatoms. The fourth-order valence-electron chi connectivity index (χ4n) is 3.47. The molecule has 0 N–H and O–H groups in total. The van der Waals surface area contributed by atoms with Crippen LogP contribution < -0.4 is 0 Å². The third-order valence-corrected chi connectivity index (χ3v) is 5.64. The van der Waals surface area contributed by atoms with Crippen molar-refractivity contribution in [2.24, 2.45) is 5.92 Å². The van der Waals surface area contributed by atoms with Crippen molar-refractivity contribution in [2.75, 3.05) is 7.05 Å². The van der Waals surface area contributed by atoms with Crippen molar-refractivity contribution < 1.29 is 0 Å². The van der Waals surface area contributed by atoms with Crippen LogP contribution in [0.5, 0.6) is 0 Å². The van der Waals surface area contributed by atoms with Crippen molar-refractivity contribution in [3.05, 3.63) is 15.9 Å². The van der Waals surface area contributed by atoms with Gasteiger partial charge in [0, 0.05) is 19.1 Å². The minimum absolute atomic E-state index is 0.723. The van der Waals surface area contributed by atoms with E-state index in [1.807, 2.05) is 0 Å². The third-order valence-electron chi connectivity index (χ3n) is 4.73. The molecule has 1 heterocycles. The van der Waals surface area contributed by atoms with E-state index >= 15 is 0 Å². The molecule has 1 fully saturated rings. The Balaban J connectivity index is 2.14. The van der Waals surface area contributed by atoms with E-state index in [0.717, 1.165) is 31.5 Å². The summed E-state index contributed by atoms with van der Waals surface area (Å²) in [6.45, 7) is 8.69. The predicted octanol–water partition coefficient (Wildman–Crippen LogP) is 4.24. The lowest BCUT2D eigenvalue weighted by Gasteiger charge is -2.36. The number of aromatic nitrogens is 2. The Hall–Kier alpha value is -0.350. The first-order chi connectivity index (χ1) is 9.58. The van der Waals surface area contributed by atoms with Crippen molar-refractivity contribution in [1.82, 2.24) is 14.7 Å². The topological polar surface area (TPSA) is 21.1 Å². The van der Waals surface area contributed by atoms with Crippen molar-refractivity contribution in [3.8, 4) is 0 Å². The molecule has 0 radical (unpaired) electrons. The van der Waals surface area contributed by atoms with E-state index in [1.54, 1.807) is 0 Å². The molecular formula is C16H28BrN3. The maximum atomic E-state index is 4.71. The summed E-state index contributed by atoms with van der Waals surface area (Å²) in [6.07, 6.45) is 6.50. The number of rotatable bonds is 5. The molecule has 1 aromatic heterocycles. The monoisotopic (exact) mass is 341 g/mol. The Bertz CT molecular complexity index is 441. The summed E-state index contributed by atoms with van der Waals surface area (Å²) in [4.78, 5) is 2.54. The standard InChI is InChI=1S/C16H28BrN3/c1-5-13-16(17)15(20(6-2)18-13)11-19(4)14-10-8-7-9-12(14)3/h12,14H,5-11H2,1-4H3. The maximum Gasteiger partial charge on any atom is 0.0767 e. The van der Waals surface area contributed by atoms with E-state index in [1.165, 1.54) is 41.5 Å². The highest BCUT2D eigenvalue weighted by Crippen LogP contribution is 2.30. The lowest BCUT2D eigenvalue weighted by molar-refractivity contribution is 0.130. The normalized spacial score (nSPS) is 23.5. The van der Waals surface area contributed by atoms with Gasteiger partial charge < -0.3 is 0 Å². The van der Waals surface area contributed by atoms with Crippen molar-refractivity contribution in [1.29, 1.82) is 0 Å². The van der Waals surface area contributed by atoms with Crippen LogP contribution >= 0.6 is 15.9 Å². The summed E-state index contributed by atoms with van der Waals surface area (Å²) in [5.41, 5.74) is 2.52. The SMILES string of the molecule is CCc1nn(CC)c(CN(C)C2CCCCC2C)c1Br. The Kier molecular flexibility index (Phi) is 5.67. The van der Waals surface area contributed by atoms with E-state index in [2.05, 4.69) is 53.3 Å². The van der Waals surface area contributed by atoms with E-state index in [-0.39, 0.29) is 0 Å². The largest absolute Gasteiger partial charge is 0.297 e. The van der Waals surface area contributed by atoms with Crippen LogP contribution in [0, 0.1) is 5.92 Å². The molecule has 2 atom stereocenters. The number of nitrogens with zero attached hydrogens (tertiary/aromatic N) is 3. The van der Waals surface area contributed by atoms with Crippen molar-refractivity contribution >= 4 is 15.9 Å². The average molecular weight is 342 g/mol. The van der Waals surface area contributed by atoms with Crippen LogP contribution in [-0.2, 0) is 19.5 Å². The molecule has 0 bridgehead atoms. The first-order valence-corrected chi connectivity index (χ1v) is 8.82. The minimum atomic E-state index is 0.723. The van der Waals surface area contributed by atoms with Gasteiger partial charge >= 0.3 is 0 Å². The van der Waals surface area contributed by atoms with Gasteiger partial charge in [-0.25, -0.2) is 0 Å². The van der Waals surface area contributed by atoms with E-state index in [9.17, 15) is 0 Å². The quantitative estimate of drug-likeness (QED) is 0.798. The van der Waals surface area contributed by atoms with Crippen LogP contribution in [0.2, 0.25) is 0 Å². The summed E-state index contributed by atoms with van der Waals surface area (Å²) >= 11 is 3.76. The van der Waals surface area contributed by atoms with Gasteiger partial charge in [0.25, 0.3) is 0 Å². The Morgan fingerprint density at radius 3 is 2.60 bits per heavy atom. The van der Waals surface area contributed by atoms with Gasteiger partial charge in [-0.05, 0) is 55.1 Å². The van der Waals surface area contributed by atoms with Crippen LogP contribution in [0.1, 0.15) is 57.8 Å². The maximum absolute atomic E-state index is 4.71. The van der Waals surface area contributed by atoms with Gasteiger partial charge in [-0.15, -0.1) is 0 Å². The third kappa shape index (κ3) is 3.28. The summed E-state index contributed by atoms with van der Waals surface area (Å²) in [7, 11) is 2.28.